The van der Waals surface area contributed by atoms with Gasteiger partial charge in [-0.05, 0) is 6.07 Å². The van der Waals surface area contributed by atoms with Crippen LogP contribution in [-0.2, 0) is 13.6 Å². The van der Waals surface area contributed by atoms with E-state index in [9.17, 15) is 0 Å². The van der Waals surface area contributed by atoms with Gasteiger partial charge in [0.1, 0.15) is 17.1 Å². The SMILES string of the molecule is Cn1ccnc1C1CNCCN1Cc1csc(-c2ccoc2)n1. The van der Waals surface area contributed by atoms with Gasteiger partial charge in [0.2, 0.25) is 0 Å². The molecular formula is C16H19N5OS. The van der Waals surface area contributed by atoms with Gasteiger partial charge in [0.05, 0.1) is 18.0 Å². The second-order valence-corrected chi connectivity index (χ2v) is 6.60. The van der Waals surface area contributed by atoms with E-state index >= 15 is 0 Å². The quantitative estimate of drug-likeness (QED) is 0.796. The Morgan fingerprint density at radius 3 is 3.22 bits per heavy atom. The molecule has 120 valence electrons. The monoisotopic (exact) mass is 329 g/mol. The number of thiazole rings is 1. The first-order valence-electron chi connectivity index (χ1n) is 7.70. The molecule has 1 saturated heterocycles. The van der Waals surface area contributed by atoms with Crippen LogP contribution in [0.25, 0.3) is 10.6 Å². The fourth-order valence-electron chi connectivity index (χ4n) is 2.99. The van der Waals surface area contributed by atoms with Crippen LogP contribution >= 0.6 is 11.3 Å². The van der Waals surface area contributed by atoms with Crippen molar-refractivity contribution < 1.29 is 4.42 Å². The summed E-state index contributed by atoms with van der Waals surface area (Å²) in [6.45, 7) is 3.76. The highest BCUT2D eigenvalue weighted by molar-refractivity contribution is 7.13. The maximum Gasteiger partial charge on any atom is 0.127 e. The van der Waals surface area contributed by atoms with E-state index in [1.807, 2.05) is 18.5 Å². The summed E-state index contributed by atoms with van der Waals surface area (Å²) >= 11 is 1.66. The van der Waals surface area contributed by atoms with Crippen molar-refractivity contribution in [2.75, 3.05) is 19.6 Å². The summed E-state index contributed by atoms with van der Waals surface area (Å²) in [5.41, 5.74) is 2.15. The Kier molecular flexibility index (Phi) is 3.99. The minimum Gasteiger partial charge on any atom is -0.472 e. The number of aromatic nitrogens is 3. The van der Waals surface area contributed by atoms with E-state index in [0.717, 1.165) is 48.3 Å². The van der Waals surface area contributed by atoms with E-state index in [0.29, 0.717) is 0 Å². The molecule has 1 fully saturated rings. The largest absolute Gasteiger partial charge is 0.472 e. The Labute approximate surface area is 138 Å². The smallest absolute Gasteiger partial charge is 0.127 e. The molecule has 3 aromatic rings. The van der Waals surface area contributed by atoms with E-state index in [2.05, 4.69) is 32.2 Å². The van der Waals surface area contributed by atoms with Gasteiger partial charge in [-0.15, -0.1) is 11.3 Å². The molecule has 23 heavy (non-hydrogen) atoms. The second kappa shape index (κ2) is 6.27. The highest BCUT2D eigenvalue weighted by atomic mass is 32.1. The van der Waals surface area contributed by atoms with Crippen LogP contribution < -0.4 is 5.32 Å². The van der Waals surface area contributed by atoms with Gasteiger partial charge in [-0.3, -0.25) is 4.90 Å². The standard InChI is InChI=1S/C16H19N5OS/c1-20-5-4-18-15(20)14-8-17-3-6-21(14)9-13-11-23-16(19-13)12-2-7-22-10-12/h2,4-5,7,10-11,14,17H,3,6,8-9H2,1H3. The third-order valence-electron chi connectivity index (χ3n) is 4.20. The molecule has 0 radical (unpaired) electrons. The zero-order valence-corrected chi connectivity index (χ0v) is 13.8. The highest BCUT2D eigenvalue weighted by Gasteiger charge is 2.27. The lowest BCUT2D eigenvalue weighted by Crippen LogP contribution is -2.46. The van der Waals surface area contributed by atoms with Gasteiger partial charge >= 0.3 is 0 Å². The Balaban J connectivity index is 1.53. The van der Waals surface area contributed by atoms with E-state index in [1.165, 1.54) is 0 Å². The van der Waals surface area contributed by atoms with Crippen molar-refractivity contribution in [2.45, 2.75) is 12.6 Å². The van der Waals surface area contributed by atoms with Crippen molar-refractivity contribution in [3.63, 3.8) is 0 Å². The van der Waals surface area contributed by atoms with Crippen LogP contribution in [-0.4, -0.2) is 39.1 Å². The molecule has 1 atom stereocenters. The first-order valence-corrected chi connectivity index (χ1v) is 8.58. The average molecular weight is 329 g/mol. The number of nitrogens with zero attached hydrogens (tertiary/aromatic N) is 4. The van der Waals surface area contributed by atoms with Crippen molar-refractivity contribution in [2.24, 2.45) is 7.05 Å². The Hall–Kier alpha value is -1.96. The van der Waals surface area contributed by atoms with Gasteiger partial charge in [0.15, 0.2) is 0 Å². The van der Waals surface area contributed by atoms with E-state index in [4.69, 9.17) is 9.40 Å². The number of hydrogen-bond acceptors (Lipinski definition) is 6. The lowest BCUT2D eigenvalue weighted by molar-refractivity contribution is 0.143. The normalized spacial score (nSPS) is 19.3. The molecule has 6 nitrogen and oxygen atoms in total. The predicted molar refractivity (Wildman–Crippen MR) is 89.0 cm³/mol. The number of hydrogen-bond donors (Lipinski definition) is 1. The summed E-state index contributed by atoms with van der Waals surface area (Å²) < 4.78 is 7.24. The lowest BCUT2D eigenvalue weighted by atomic mass is 10.1. The van der Waals surface area contributed by atoms with Crippen molar-refractivity contribution in [3.8, 4) is 10.6 Å². The maximum absolute atomic E-state index is 5.14. The number of nitrogens with one attached hydrogen (secondary N) is 1. The first kappa shape index (κ1) is 14.6. The summed E-state index contributed by atoms with van der Waals surface area (Å²) in [5, 5.41) is 6.62. The van der Waals surface area contributed by atoms with Crippen LogP contribution in [0.15, 0.2) is 40.8 Å². The van der Waals surface area contributed by atoms with E-state index in [-0.39, 0.29) is 6.04 Å². The maximum atomic E-state index is 5.14. The molecule has 7 heteroatoms. The van der Waals surface area contributed by atoms with Gasteiger partial charge in [-0.1, -0.05) is 0 Å². The van der Waals surface area contributed by atoms with Crippen molar-refractivity contribution in [1.29, 1.82) is 0 Å². The molecule has 1 aliphatic rings. The number of rotatable bonds is 4. The van der Waals surface area contributed by atoms with E-state index in [1.54, 1.807) is 23.9 Å². The Morgan fingerprint density at radius 2 is 2.43 bits per heavy atom. The van der Waals surface area contributed by atoms with Crippen LogP contribution in [0.5, 0.6) is 0 Å². The topological polar surface area (TPSA) is 59.1 Å². The molecule has 1 aliphatic heterocycles. The van der Waals surface area contributed by atoms with Gasteiger partial charge in [-0.25, -0.2) is 9.97 Å². The summed E-state index contributed by atoms with van der Waals surface area (Å²) in [5.74, 6) is 1.10. The Bertz CT molecular complexity index is 763. The molecule has 4 heterocycles. The first-order chi connectivity index (χ1) is 11.3. The minimum absolute atomic E-state index is 0.280. The molecule has 1 unspecified atom stereocenters. The van der Waals surface area contributed by atoms with Crippen LogP contribution in [0.3, 0.4) is 0 Å². The van der Waals surface area contributed by atoms with Crippen molar-refractivity contribution in [1.82, 2.24) is 24.8 Å². The van der Waals surface area contributed by atoms with Crippen LogP contribution in [0.2, 0.25) is 0 Å². The fourth-order valence-corrected chi connectivity index (χ4v) is 3.79. The van der Waals surface area contributed by atoms with Crippen molar-refractivity contribution >= 4 is 11.3 Å². The number of aryl methyl sites for hydroxylation is 1. The summed E-state index contributed by atoms with van der Waals surface area (Å²) in [6, 6.07) is 2.23. The van der Waals surface area contributed by atoms with E-state index < -0.39 is 0 Å². The molecule has 0 bridgehead atoms. The molecule has 1 N–H and O–H groups in total. The minimum atomic E-state index is 0.280. The lowest BCUT2D eigenvalue weighted by Gasteiger charge is -2.35. The fraction of sp³-hybridized carbons (Fsp3) is 0.375. The van der Waals surface area contributed by atoms with Gasteiger partial charge < -0.3 is 14.3 Å². The molecule has 3 aromatic heterocycles. The summed E-state index contributed by atoms with van der Waals surface area (Å²) in [4.78, 5) is 11.7. The molecule has 0 aliphatic carbocycles. The van der Waals surface area contributed by atoms with Crippen LogP contribution in [0.1, 0.15) is 17.6 Å². The summed E-state index contributed by atoms with van der Waals surface area (Å²) in [6.07, 6.45) is 7.29. The van der Waals surface area contributed by atoms with Crippen LogP contribution in [0.4, 0.5) is 0 Å². The molecule has 0 spiro atoms. The molecule has 4 rings (SSSR count). The van der Waals surface area contributed by atoms with Gasteiger partial charge in [-0.2, -0.15) is 0 Å². The molecule has 0 amide bonds. The third kappa shape index (κ3) is 2.95. The molecule has 0 saturated carbocycles. The van der Waals surface area contributed by atoms with Crippen LogP contribution in [0, 0.1) is 0 Å². The molecular weight excluding hydrogens is 310 g/mol. The zero-order valence-electron chi connectivity index (χ0n) is 13.0. The highest BCUT2D eigenvalue weighted by Crippen LogP contribution is 2.27. The third-order valence-corrected chi connectivity index (χ3v) is 5.14. The number of piperazine rings is 1. The van der Waals surface area contributed by atoms with Gasteiger partial charge in [0.25, 0.3) is 0 Å². The van der Waals surface area contributed by atoms with Crippen molar-refractivity contribution in [3.05, 3.63) is 47.9 Å². The zero-order chi connectivity index (χ0) is 15.6. The Morgan fingerprint density at radius 1 is 1.48 bits per heavy atom. The number of furan rings is 1. The molecule has 0 aromatic carbocycles. The average Bonchev–Trinajstić information content (AvgIpc) is 3.29. The second-order valence-electron chi connectivity index (χ2n) is 5.74. The van der Waals surface area contributed by atoms with Gasteiger partial charge in [0, 0.05) is 56.6 Å². The predicted octanol–water partition coefficient (Wildman–Crippen LogP) is 2.28. The summed E-state index contributed by atoms with van der Waals surface area (Å²) in [7, 11) is 2.05. The number of imidazole rings is 1.